The van der Waals surface area contributed by atoms with Crippen LogP contribution in [0.25, 0.3) is 0 Å². The first-order valence-corrected chi connectivity index (χ1v) is 8.38. The first-order chi connectivity index (χ1) is 11.2. The standard InChI is InChI=1S/C18H31NO4/c1-4-5-6-11-23-14-16(20)13-19-10-9-15-7-8-17(21-2)18(12-15)22-3/h7-8,12,16,19-20H,4-6,9-11,13-14H2,1-3H3. The molecule has 1 aromatic carbocycles. The van der Waals surface area contributed by atoms with Crippen LogP contribution >= 0.6 is 0 Å². The molecule has 2 N–H and O–H groups in total. The molecule has 23 heavy (non-hydrogen) atoms. The minimum absolute atomic E-state index is 0.396. The molecule has 0 heterocycles. The van der Waals surface area contributed by atoms with Crippen molar-refractivity contribution in [3.05, 3.63) is 23.8 Å². The molecule has 0 saturated heterocycles. The van der Waals surface area contributed by atoms with Crippen LogP contribution in [0.2, 0.25) is 0 Å². The topological polar surface area (TPSA) is 60.0 Å². The van der Waals surface area contributed by atoms with E-state index < -0.39 is 6.10 Å². The zero-order chi connectivity index (χ0) is 16.9. The van der Waals surface area contributed by atoms with E-state index in [1.807, 2.05) is 18.2 Å². The van der Waals surface area contributed by atoms with E-state index >= 15 is 0 Å². The molecular weight excluding hydrogens is 294 g/mol. The molecular formula is C18H31NO4. The van der Waals surface area contributed by atoms with E-state index in [-0.39, 0.29) is 0 Å². The van der Waals surface area contributed by atoms with Gasteiger partial charge in [0.25, 0.3) is 0 Å². The fourth-order valence-corrected chi connectivity index (χ4v) is 2.27. The molecule has 0 aliphatic rings. The predicted octanol–water partition coefficient (Wildman–Crippen LogP) is 2.40. The summed E-state index contributed by atoms with van der Waals surface area (Å²) in [5.74, 6) is 1.48. The third kappa shape index (κ3) is 8.21. The quantitative estimate of drug-likeness (QED) is 0.545. The lowest BCUT2D eigenvalue weighted by atomic mass is 10.1. The first-order valence-electron chi connectivity index (χ1n) is 8.38. The Hall–Kier alpha value is -1.30. The number of hydrogen-bond acceptors (Lipinski definition) is 5. The van der Waals surface area contributed by atoms with E-state index in [0.717, 1.165) is 37.5 Å². The molecule has 0 fully saturated rings. The van der Waals surface area contributed by atoms with Crippen molar-refractivity contribution in [3.8, 4) is 11.5 Å². The van der Waals surface area contributed by atoms with Crippen LogP contribution in [0, 0.1) is 0 Å². The highest BCUT2D eigenvalue weighted by Gasteiger charge is 2.06. The number of ether oxygens (including phenoxy) is 3. The van der Waals surface area contributed by atoms with Gasteiger partial charge in [-0.1, -0.05) is 25.8 Å². The van der Waals surface area contributed by atoms with Crippen molar-refractivity contribution in [1.82, 2.24) is 5.32 Å². The molecule has 5 heteroatoms. The fourth-order valence-electron chi connectivity index (χ4n) is 2.27. The van der Waals surface area contributed by atoms with E-state index in [1.165, 1.54) is 18.4 Å². The Morgan fingerprint density at radius 1 is 1.13 bits per heavy atom. The zero-order valence-corrected chi connectivity index (χ0v) is 14.6. The molecule has 0 saturated carbocycles. The van der Waals surface area contributed by atoms with Crippen molar-refractivity contribution in [2.75, 3.05) is 40.5 Å². The number of methoxy groups -OCH3 is 2. The number of aliphatic hydroxyl groups excluding tert-OH is 1. The fraction of sp³-hybridized carbons (Fsp3) is 0.667. The van der Waals surface area contributed by atoms with Gasteiger partial charge in [-0.05, 0) is 37.1 Å². The van der Waals surface area contributed by atoms with Gasteiger partial charge in [0.2, 0.25) is 0 Å². The molecule has 1 aromatic rings. The molecule has 0 bridgehead atoms. The summed E-state index contributed by atoms with van der Waals surface area (Å²) < 4.78 is 16.0. The lowest BCUT2D eigenvalue weighted by molar-refractivity contribution is 0.0357. The summed E-state index contributed by atoms with van der Waals surface area (Å²) in [6.45, 7) is 4.63. The van der Waals surface area contributed by atoms with Crippen molar-refractivity contribution in [3.63, 3.8) is 0 Å². The van der Waals surface area contributed by atoms with E-state index in [2.05, 4.69) is 12.2 Å². The Kier molecular flexibility index (Phi) is 10.4. The monoisotopic (exact) mass is 325 g/mol. The number of hydrogen-bond donors (Lipinski definition) is 2. The van der Waals surface area contributed by atoms with Gasteiger partial charge in [0.1, 0.15) is 0 Å². The second kappa shape index (κ2) is 12.2. The maximum absolute atomic E-state index is 9.83. The van der Waals surface area contributed by atoms with Crippen LogP contribution in [-0.2, 0) is 11.2 Å². The normalized spacial score (nSPS) is 12.2. The van der Waals surface area contributed by atoms with E-state index in [9.17, 15) is 5.11 Å². The maximum atomic E-state index is 9.83. The smallest absolute Gasteiger partial charge is 0.160 e. The first kappa shape index (κ1) is 19.7. The molecule has 0 amide bonds. The van der Waals surface area contributed by atoms with Crippen molar-refractivity contribution < 1.29 is 19.3 Å². The van der Waals surface area contributed by atoms with Gasteiger partial charge in [-0.2, -0.15) is 0 Å². The SMILES string of the molecule is CCCCCOCC(O)CNCCc1ccc(OC)c(OC)c1. The van der Waals surface area contributed by atoms with Crippen LogP contribution in [-0.4, -0.2) is 51.7 Å². The number of rotatable bonds is 13. The van der Waals surface area contributed by atoms with Gasteiger partial charge in [0.15, 0.2) is 11.5 Å². The average molecular weight is 325 g/mol. The molecule has 0 aliphatic carbocycles. The molecule has 0 spiro atoms. The summed E-state index contributed by atoms with van der Waals surface area (Å²) in [5, 5.41) is 13.1. The highest BCUT2D eigenvalue weighted by molar-refractivity contribution is 5.42. The third-order valence-electron chi connectivity index (χ3n) is 3.62. The largest absolute Gasteiger partial charge is 0.493 e. The number of unbranched alkanes of at least 4 members (excludes halogenated alkanes) is 2. The third-order valence-corrected chi connectivity index (χ3v) is 3.62. The number of nitrogens with one attached hydrogen (secondary N) is 1. The van der Waals surface area contributed by atoms with Gasteiger partial charge in [-0.15, -0.1) is 0 Å². The lowest BCUT2D eigenvalue weighted by Crippen LogP contribution is -2.31. The number of benzene rings is 1. The molecule has 0 aliphatic heterocycles. The summed E-state index contributed by atoms with van der Waals surface area (Å²) in [4.78, 5) is 0. The Balaban J connectivity index is 2.16. The van der Waals surface area contributed by atoms with Crippen molar-refractivity contribution in [2.24, 2.45) is 0 Å². The maximum Gasteiger partial charge on any atom is 0.160 e. The van der Waals surface area contributed by atoms with Crippen molar-refractivity contribution in [1.29, 1.82) is 0 Å². The van der Waals surface area contributed by atoms with Gasteiger partial charge in [0.05, 0.1) is 26.9 Å². The minimum atomic E-state index is -0.456. The second-order valence-corrected chi connectivity index (χ2v) is 5.58. The van der Waals surface area contributed by atoms with Gasteiger partial charge >= 0.3 is 0 Å². The zero-order valence-electron chi connectivity index (χ0n) is 14.6. The van der Waals surface area contributed by atoms with Crippen LogP contribution in [0.15, 0.2) is 18.2 Å². The highest BCUT2D eigenvalue weighted by atomic mass is 16.5. The Morgan fingerprint density at radius 2 is 1.91 bits per heavy atom. The Morgan fingerprint density at radius 3 is 2.61 bits per heavy atom. The van der Waals surface area contributed by atoms with Crippen LogP contribution in [0.3, 0.4) is 0 Å². The van der Waals surface area contributed by atoms with E-state index in [1.54, 1.807) is 14.2 Å². The molecule has 0 aromatic heterocycles. The summed E-state index contributed by atoms with van der Waals surface area (Å²) in [7, 11) is 3.27. The summed E-state index contributed by atoms with van der Waals surface area (Å²) in [6, 6.07) is 5.91. The van der Waals surface area contributed by atoms with Crippen LogP contribution in [0.4, 0.5) is 0 Å². The van der Waals surface area contributed by atoms with Gasteiger partial charge in [-0.3, -0.25) is 0 Å². The van der Waals surface area contributed by atoms with Crippen molar-refractivity contribution in [2.45, 2.75) is 38.7 Å². The van der Waals surface area contributed by atoms with E-state index in [4.69, 9.17) is 14.2 Å². The summed E-state index contributed by atoms with van der Waals surface area (Å²) in [5.41, 5.74) is 1.17. The molecule has 5 nitrogen and oxygen atoms in total. The minimum Gasteiger partial charge on any atom is -0.493 e. The second-order valence-electron chi connectivity index (χ2n) is 5.58. The van der Waals surface area contributed by atoms with Gasteiger partial charge in [-0.25, -0.2) is 0 Å². The van der Waals surface area contributed by atoms with Crippen LogP contribution in [0.1, 0.15) is 31.7 Å². The predicted molar refractivity (Wildman–Crippen MR) is 92.5 cm³/mol. The van der Waals surface area contributed by atoms with Gasteiger partial charge in [0, 0.05) is 13.2 Å². The van der Waals surface area contributed by atoms with E-state index in [0.29, 0.717) is 13.2 Å². The Labute approximate surface area is 139 Å². The van der Waals surface area contributed by atoms with Gasteiger partial charge < -0.3 is 24.6 Å². The highest BCUT2D eigenvalue weighted by Crippen LogP contribution is 2.27. The average Bonchev–Trinajstić information content (AvgIpc) is 2.58. The van der Waals surface area contributed by atoms with Crippen LogP contribution in [0.5, 0.6) is 11.5 Å². The van der Waals surface area contributed by atoms with Crippen LogP contribution < -0.4 is 14.8 Å². The molecule has 1 unspecified atom stereocenters. The lowest BCUT2D eigenvalue weighted by Gasteiger charge is -2.13. The molecule has 1 rings (SSSR count). The van der Waals surface area contributed by atoms with Crippen molar-refractivity contribution >= 4 is 0 Å². The Bertz CT molecular complexity index is 425. The molecule has 132 valence electrons. The molecule has 1 atom stereocenters. The molecule has 0 radical (unpaired) electrons. The summed E-state index contributed by atoms with van der Waals surface area (Å²) in [6.07, 6.45) is 3.84. The summed E-state index contributed by atoms with van der Waals surface area (Å²) >= 11 is 0. The number of aliphatic hydroxyl groups is 1.